The molecular formula is C8H8N4S. The Morgan fingerprint density at radius 1 is 1.15 bits per heavy atom. The van der Waals surface area contributed by atoms with Crippen molar-refractivity contribution in [2.45, 2.75) is 0 Å². The molecule has 0 fully saturated rings. The average Bonchev–Trinajstić information content (AvgIpc) is 2.62. The molecule has 4 nitrogen and oxygen atoms in total. The van der Waals surface area contributed by atoms with Gasteiger partial charge in [-0.05, 0) is 6.07 Å². The highest BCUT2D eigenvalue weighted by atomic mass is 32.1. The lowest BCUT2D eigenvalue weighted by atomic mass is 10.2. The molecule has 13 heavy (non-hydrogen) atoms. The molecule has 0 saturated heterocycles. The highest BCUT2D eigenvalue weighted by molar-refractivity contribution is 7.13. The minimum atomic E-state index is 0.354. The van der Waals surface area contributed by atoms with Gasteiger partial charge in [-0.15, -0.1) is 11.3 Å². The fourth-order valence-corrected chi connectivity index (χ4v) is 1.71. The topological polar surface area (TPSA) is 77.8 Å². The second kappa shape index (κ2) is 3.02. The van der Waals surface area contributed by atoms with E-state index in [2.05, 4.69) is 9.97 Å². The van der Waals surface area contributed by atoms with Crippen molar-refractivity contribution in [3.63, 3.8) is 0 Å². The van der Waals surface area contributed by atoms with E-state index in [1.807, 2.05) is 11.4 Å². The summed E-state index contributed by atoms with van der Waals surface area (Å²) in [4.78, 5) is 8.02. The van der Waals surface area contributed by atoms with Crippen LogP contribution in [0.1, 0.15) is 0 Å². The van der Waals surface area contributed by atoms with Crippen LogP contribution >= 0.6 is 11.3 Å². The van der Waals surface area contributed by atoms with Crippen molar-refractivity contribution in [2.24, 2.45) is 0 Å². The Balaban J connectivity index is 2.59. The van der Waals surface area contributed by atoms with E-state index in [4.69, 9.17) is 11.5 Å². The van der Waals surface area contributed by atoms with Crippen molar-refractivity contribution >= 4 is 22.8 Å². The summed E-state index contributed by atoms with van der Waals surface area (Å²) in [6.07, 6.45) is 3.36. The Bertz CT molecular complexity index is 410. The van der Waals surface area contributed by atoms with Gasteiger partial charge >= 0.3 is 0 Å². The monoisotopic (exact) mass is 192 g/mol. The Hall–Kier alpha value is -1.62. The molecule has 0 aromatic carbocycles. The number of pyridine rings is 1. The number of anilines is 2. The Morgan fingerprint density at radius 3 is 2.69 bits per heavy atom. The zero-order chi connectivity index (χ0) is 9.26. The van der Waals surface area contributed by atoms with Crippen LogP contribution in [0.15, 0.2) is 23.8 Å². The van der Waals surface area contributed by atoms with Crippen LogP contribution in [0.2, 0.25) is 0 Å². The largest absolute Gasteiger partial charge is 0.395 e. The van der Waals surface area contributed by atoms with E-state index in [-0.39, 0.29) is 0 Å². The van der Waals surface area contributed by atoms with E-state index in [1.165, 1.54) is 11.3 Å². The third-order valence-corrected chi connectivity index (χ3v) is 2.49. The number of nitrogens with zero attached hydrogens (tertiary/aromatic N) is 2. The first-order chi connectivity index (χ1) is 6.29. The van der Waals surface area contributed by atoms with Crippen LogP contribution in [0.5, 0.6) is 0 Å². The molecule has 0 spiro atoms. The number of hydrogen-bond donors (Lipinski definition) is 2. The lowest BCUT2D eigenvalue weighted by Gasteiger charge is -2.03. The van der Waals surface area contributed by atoms with Gasteiger partial charge in [-0.3, -0.25) is 0 Å². The summed E-state index contributed by atoms with van der Waals surface area (Å²) in [5.74, 6) is 0.354. The Kier molecular flexibility index (Phi) is 1.86. The molecule has 4 N–H and O–H groups in total. The molecule has 66 valence electrons. The zero-order valence-corrected chi connectivity index (χ0v) is 7.58. The molecule has 0 bridgehead atoms. The van der Waals surface area contributed by atoms with Crippen LogP contribution in [0.4, 0.5) is 11.5 Å². The van der Waals surface area contributed by atoms with Crippen molar-refractivity contribution in [1.82, 2.24) is 9.97 Å². The smallest absolute Gasteiger partial charge is 0.147 e. The summed E-state index contributed by atoms with van der Waals surface area (Å²) < 4.78 is 0. The number of thiazole rings is 1. The molecule has 2 heterocycles. The maximum absolute atomic E-state index is 5.75. The molecule has 0 aliphatic carbocycles. The number of aromatic nitrogens is 2. The third kappa shape index (κ3) is 1.33. The van der Waals surface area contributed by atoms with E-state index in [0.717, 1.165) is 10.6 Å². The first-order valence-corrected chi connectivity index (χ1v) is 4.57. The van der Waals surface area contributed by atoms with Crippen molar-refractivity contribution in [3.8, 4) is 10.6 Å². The van der Waals surface area contributed by atoms with Crippen LogP contribution in [0, 0.1) is 0 Å². The van der Waals surface area contributed by atoms with Crippen LogP contribution in [0.25, 0.3) is 10.6 Å². The predicted molar refractivity (Wildman–Crippen MR) is 54.2 cm³/mol. The Morgan fingerprint density at radius 2 is 2.00 bits per heavy atom. The first kappa shape index (κ1) is 8.00. The summed E-state index contributed by atoms with van der Waals surface area (Å²) in [6, 6.07) is 1.81. The fourth-order valence-electron chi connectivity index (χ4n) is 1.03. The maximum Gasteiger partial charge on any atom is 0.147 e. The third-order valence-electron chi connectivity index (χ3n) is 1.68. The van der Waals surface area contributed by atoms with Crippen molar-refractivity contribution in [3.05, 3.63) is 23.8 Å². The lowest BCUT2D eigenvalue weighted by molar-refractivity contribution is 1.33. The quantitative estimate of drug-likeness (QED) is 0.715. The molecule has 0 saturated carbocycles. The molecule has 2 aromatic heterocycles. The minimum Gasteiger partial charge on any atom is -0.395 e. The molecule has 0 aliphatic rings. The first-order valence-electron chi connectivity index (χ1n) is 3.69. The van der Waals surface area contributed by atoms with Crippen LogP contribution < -0.4 is 11.5 Å². The van der Waals surface area contributed by atoms with Crippen molar-refractivity contribution in [2.75, 3.05) is 11.5 Å². The van der Waals surface area contributed by atoms with Gasteiger partial charge in [0.1, 0.15) is 10.8 Å². The normalized spacial score (nSPS) is 10.2. The molecule has 0 atom stereocenters. The van der Waals surface area contributed by atoms with Gasteiger partial charge in [0.25, 0.3) is 0 Å². The average molecular weight is 192 g/mol. The highest BCUT2D eigenvalue weighted by Crippen LogP contribution is 2.29. The molecule has 0 radical (unpaired) electrons. The standard InChI is InChI=1S/C8H8N4S/c9-6-5(1-2-11-7(6)10)8-12-3-4-13-8/h1-4H,9H2,(H2,10,11). The van der Waals surface area contributed by atoms with Crippen LogP contribution in [-0.2, 0) is 0 Å². The molecular weight excluding hydrogens is 184 g/mol. The highest BCUT2D eigenvalue weighted by Gasteiger charge is 2.07. The van der Waals surface area contributed by atoms with Crippen LogP contribution in [-0.4, -0.2) is 9.97 Å². The van der Waals surface area contributed by atoms with Gasteiger partial charge in [-0.2, -0.15) is 0 Å². The van der Waals surface area contributed by atoms with Gasteiger partial charge in [0.15, 0.2) is 0 Å². The van der Waals surface area contributed by atoms with E-state index in [1.54, 1.807) is 12.4 Å². The van der Waals surface area contributed by atoms with Gasteiger partial charge in [-0.1, -0.05) is 0 Å². The maximum atomic E-state index is 5.75. The van der Waals surface area contributed by atoms with Gasteiger partial charge in [-0.25, -0.2) is 9.97 Å². The summed E-state index contributed by atoms with van der Waals surface area (Å²) in [6.45, 7) is 0. The van der Waals surface area contributed by atoms with Crippen molar-refractivity contribution in [1.29, 1.82) is 0 Å². The summed E-state index contributed by atoms with van der Waals surface area (Å²) in [5, 5.41) is 2.76. The Labute approximate surface area is 79.2 Å². The number of nitrogens with two attached hydrogens (primary N) is 2. The molecule has 5 heteroatoms. The zero-order valence-electron chi connectivity index (χ0n) is 6.77. The van der Waals surface area contributed by atoms with Gasteiger partial charge < -0.3 is 11.5 Å². The molecule has 0 unspecified atom stereocenters. The second-order valence-corrected chi connectivity index (χ2v) is 3.39. The van der Waals surface area contributed by atoms with Gasteiger partial charge in [0, 0.05) is 23.3 Å². The summed E-state index contributed by atoms with van der Waals surface area (Å²) >= 11 is 1.52. The van der Waals surface area contributed by atoms with E-state index >= 15 is 0 Å². The fraction of sp³-hybridized carbons (Fsp3) is 0. The second-order valence-electron chi connectivity index (χ2n) is 2.49. The van der Waals surface area contributed by atoms with E-state index in [0.29, 0.717) is 11.5 Å². The number of rotatable bonds is 1. The minimum absolute atomic E-state index is 0.354. The lowest BCUT2D eigenvalue weighted by Crippen LogP contribution is -1.99. The summed E-state index contributed by atoms with van der Waals surface area (Å²) in [7, 11) is 0. The molecule has 2 aromatic rings. The molecule has 0 amide bonds. The summed E-state index contributed by atoms with van der Waals surface area (Å²) in [5.41, 5.74) is 12.7. The number of nitrogen functional groups attached to an aromatic ring is 2. The molecule has 0 aliphatic heterocycles. The SMILES string of the molecule is Nc1nccc(-c2nccs2)c1N. The predicted octanol–water partition coefficient (Wildman–Crippen LogP) is 1.37. The van der Waals surface area contributed by atoms with Gasteiger partial charge in [0.05, 0.1) is 5.69 Å². The van der Waals surface area contributed by atoms with Gasteiger partial charge in [0.2, 0.25) is 0 Å². The number of hydrogen-bond acceptors (Lipinski definition) is 5. The molecule has 2 rings (SSSR count). The van der Waals surface area contributed by atoms with Crippen LogP contribution in [0.3, 0.4) is 0 Å². The van der Waals surface area contributed by atoms with Crippen molar-refractivity contribution < 1.29 is 0 Å². The van der Waals surface area contributed by atoms with E-state index < -0.39 is 0 Å². The van der Waals surface area contributed by atoms with E-state index in [9.17, 15) is 0 Å².